The van der Waals surface area contributed by atoms with Gasteiger partial charge in [-0.3, -0.25) is 24.1 Å². The Morgan fingerprint density at radius 1 is 1.06 bits per heavy atom. The van der Waals surface area contributed by atoms with E-state index in [0.29, 0.717) is 17.0 Å². The average Bonchev–Trinajstić information content (AvgIpc) is 3.00. The molecule has 1 heterocycles. The third kappa shape index (κ3) is 6.21. The summed E-state index contributed by atoms with van der Waals surface area (Å²) in [5, 5.41) is 2.17. The number of nitrogens with zero attached hydrogens (tertiary/aromatic N) is 1. The van der Waals surface area contributed by atoms with Crippen LogP contribution in [0.5, 0.6) is 5.75 Å². The Morgan fingerprint density at radius 2 is 1.75 bits per heavy atom. The second kappa shape index (κ2) is 10.6. The van der Waals surface area contributed by atoms with Crippen LogP contribution in [0.25, 0.3) is 6.08 Å². The van der Waals surface area contributed by atoms with Gasteiger partial charge in [0.25, 0.3) is 17.1 Å². The second-order valence-corrected chi connectivity index (χ2v) is 8.04. The van der Waals surface area contributed by atoms with Crippen LogP contribution in [0.4, 0.5) is 10.5 Å². The van der Waals surface area contributed by atoms with Crippen molar-refractivity contribution in [1.29, 1.82) is 0 Å². The molecule has 1 fully saturated rings. The normalized spacial score (nSPS) is 14.7. The average molecular weight is 455 g/mol. The van der Waals surface area contributed by atoms with Crippen molar-refractivity contribution in [1.82, 2.24) is 4.90 Å². The molecule has 0 spiro atoms. The first-order valence-corrected chi connectivity index (χ1v) is 10.7. The van der Waals surface area contributed by atoms with Gasteiger partial charge in [0, 0.05) is 11.3 Å². The van der Waals surface area contributed by atoms with Crippen LogP contribution in [0, 0.1) is 0 Å². The predicted octanol–water partition coefficient (Wildman–Crippen LogP) is 3.69. The minimum absolute atomic E-state index is 0.150. The van der Waals surface area contributed by atoms with Crippen molar-refractivity contribution in [2.24, 2.45) is 0 Å². The maximum Gasteiger partial charge on any atom is 0.326 e. The standard InChI is InChI=1S/C23H22N2O6S/c1-15(2)31-21(27)13-25-22(28)19(32-23(25)29)12-16-8-6-7-11-18(16)30-14-20(26)24-17-9-4-3-5-10-17/h3-12,15H,13-14H2,1-2H3,(H,24,26)/b19-12-. The Labute approximate surface area is 189 Å². The van der Waals surface area contributed by atoms with Crippen LogP contribution in [-0.2, 0) is 19.1 Å². The molecule has 0 aliphatic carbocycles. The Hall–Kier alpha value is -3.59. The van der Waals surface area contributed by atoms with Gasteiger partial charge >= 0.3 is 5.97 Å². The van der Waals surface area contributed by atoms with E-state index in [1.165, 1.54) is 6.08 Å². The molecule has 1 aliphatic heterocycles. The van der Waals surface area contributed by atoms with Crippen molar-refractivity contribution in [2.75, 3.05) is 18.5 Å². The third-order valence-corrected chi connectivity index (χ3v) is 5.06. The number of carbonyl (C=O) groups excluding carboxylic acids is 4. The van der Waals surface area contributed by atoms with E-state index in [1.54, 1.807) is 62.4 Å². The van der Waals surface area contributed by atoms with E-state index in [9.17, 15) is 19.2 Å². The number of carbonyl (C=O) groups is 4. The maximum absolute atomic E-state index is 12.6. The Bertz CT molecular complexity index is 1050. The lowest BCUT2D eigenvalue weighted by atomic mass is 10.2. The molecule has 3 rings (SSSR count). The number of hydrogen-bond donors (Lipinski definition) is 1. The number of esters is 1. The Balaban J connectivity index is 1.67. The van der Waals surface area contributed by atoms with Crippen molar-refractivity contribution >= 4 is 46.5 Å². The van der Waals surface area contributed by atoms with Gasteiger partial charge in [0.15, 0.2) is 6.61 Å². The van der Waals surface area contributed by atoms with Crippen LogP contribution in [-0.4, -0.2) is 47.2 Å². The molecule has 1 N–H and O–H groups in total. The summed E-state index contributed by atoms with van der Waals surface area (Å²) in [6, 6.07) is 15.8. The quantitative estimate of drug-likeness (QED) is 0.479. The first-order chi connectivity index (χ1) is 15.3. The first kappa shape index (κ1) is 23.1. The molecule has 0 atom stereocenters. The van der Waals surface area contributed by atoms with Gasteiger partial charge in [-0.15, -0.1) is 0 Å². The van der Waals surface area contributed by atoms with Gasteiger partial charge in [0.1, 0.15) is 12.3 Å². The molecule has 32 heavy (non-hydrogen) atoms. The number of imide groups is 1. The summed E-state index contributed by atoms with van der Waals surface area (Å²) >= 11 is 0.728. The number of para-hydroxylation sites is 2. The van der Waals surface area contributed by atoms with Gasteiger partial charge < -0.3 is 14.8 Å². The van der Waals surface area contributed by atoms with E-state index in [1.807, 2.05) is 6.07 Å². The summed E-state index contributed by atoms with van der Waals surface area (Å²) in [6.45, 7) is 2.69. The molecule has 0 radical (unpaired) electrons. The lowest BCUT2D eigenvalue weighted by Crippen LogP contribution is -2.35. The minimum atomic E-state index is -0.656. The molecule has 9 heteroatoms. The fraction of sp³-hybridized carbons (Fsp3) is 0.217. The fourth-order valence-corrected chi connectivity index (χ4v) is 3.63. The maximum atomic E-state index is 12.6. The number of anilines is 1. The zero-order valence-corrected chi connectivity index (χ0v) is 18.4. The summed E-state index contributed by atoms with van der Waals surface area (Å²) in [6.07, 6.45) is 1.16. The molecule has 2 aromatic rings. The topological polar surface area (TPSA) is 102 Å². The van der Waals surface area contributed by atoms with Gasteiger partial charge in [-0.25, -0.2) is 0 Å². The monoisotopic (exact) mass is 454 g/mol. The molecule has 0 bridgehead atoms. The van der Waals surface area contributed by atoms with Crippen LogP contribution in [0.3, 0.4) is 0 Å². The highest BCUT2D eigenvalue weighted by Crippen LogP contribution is 2.33. The van der Waals surface area contributed by atoms with Crippen LogP contribution in [0.15, 0.2) is 59.5 Å². The van der Waals surface area contributed by atoms with Crippen LogP contribution in [0.2, 0.25) is 0 Å². The van der Waals surface area contributed by atoms with Gasteiger partial charge in [0.05, 0.1) is 11.0 Å². The van der Waals surface area contributed by atoms with E-state index in [0.717, 1.165) is 16.7 Å². The van der Waals surface area contributed by atoms with E-state index < -0.39 is 23.7 Å². The Morgan fingerprint density at radius 3 is 2.47 bits per heavy atom. The van der Waals surface area contributed by atoms with Crippen LogP contribution < -0.4 is 10.1 Å². The van der Waals surface area contributed by atoms with E-state index in [-0.39, 0.29) is 23.5 Å². The van der Waals surface area contributed by atoms with Gasteiger partial charge in [-0.05, 0) is 49.9 Å². The van der Waals surface area contributed by atoms with Crippen molar-refractivity contribution in [3.05, 3.63) is 65.1 Å². The SMILES string of the molecule is CC(C)OC(=O)CN1C(=O)S/C(=C\c2ccccc2OCC(=O)Nc2ccccc2)C1=O. The molecule has 3 amide bonds. The molecule has 8 nitrogen and oxygen atoms in total. The number of hydrogen-bond acceptors (Lipinski definition) is 7. The summed E-state index contributed by atoms with van der Waals surface area (Å²) in [5.74, 6) is -1.20. The van der Waals surface area contributed by atoms with Crippen LogP contribution in [0.1, 0.15) is 19.4 Å². The fourth-order valence-electron chi connectivity index (χ4n) is 2.80. The number of nitrogens with one attached hydrogen (secondary N) is 1. The molecule has 0 saturated carbocycles. The number of amides is 3. The molecule has 166 valence electrons. The molecular weight excluding hydrogens is 432 g/mol. The zero-order valence-electron chi connectivity index (χ0n) is 17.6. The van der Waals surface area contributed by atoms with Gasteiger partial charge in [0.2, 0.25) is 0 Å². The molecule has 2 aromatic carbocycles. The smallest absolute Gasteiger partial charge is 0.326 e. The number of rotatable bonds is 8. The number of benzene rings is 2. The zero-order chi connectivity index (χ0) is 23.1. The largest absolute Gasteiger partial charge is 0.483 e. The highest BCUT2D eigenvalue weighted by Gasteiger charge is 2.37. The molecule has 1 saturated heterocycles. The summed E-state index contributed by atoms with van der Waals surface area (Å²) in [4.78, 5) is 49.8. The van der Waals surface area contributed by atoms with Crippen LogP contribution >= 0.6 is 11.8 Å². The number of thioether (sulfide) groups is 1. The van der Waals surface area contributed by atoms with E-state index >= 15 is 0 Å². The van der Waals surface area contributed by atoms with Gasteiger partial charge in [-0.2, -0.15) is 0 Å². The van der Waals surface area contributed by atoms with Crippen molar-refractivity contribution in [3.8, 4) is 5.75 Å². The van der Waals surface area contributed by atoms with Crippen molar-refractivity contribution in [2.45, 2.75) is 20.0 Å². The second-order valence-electron chi connectivity index (χ2n) is 7.05. The lowest BCUT2D eigenvalue weighted by molar-refractivity contribution is -0.149. The van der Waals surface area contributed by atoms with Crippen molar-refractivity contribution < 1.29 is 28.7 Å². The molecule has 0 unspecified atom stereocenters. The van der Waals surface area contributed by atoms with Crippen molar-refractivity contribution in [3.63, 3.8) is 0 Å². The van der Waals surface area contributed by atoms with Gasteiger partial charge in [-0.1, -0.05) is 36.4 Å². The lowest BCUT2D eigenvalue weighted by Gasteiger charge is -2.13. The first-order valence-electron chi connectivity index (χ1n) is 9.85. The minimum Gasteiger partial charge on any atom is -0.483 e. The predicted molar refractivity (Wildman–Crippen MR) is 121 cm³/mol. The molecule has 1 aliphatic rings. The molecular formula is C23H22N2O6S. The summed E-state index contributed by atoms with van der Waals surface area (Å²) < 4.78 is 10.6. The Kier molecular flexibility index (Phi) is 7.67. The van der Waals surface area contributed by atoms with E-state index in [2.05, 4.69) is 5.32 Å². The van der Waals surface area contributed by atoms with E-state index in [4.69, 9.17) is 9.47 Å². The summed E-state index contributed by atoms with van der Waals surface area (Å²) in [7, 11) is 0. The summed E-state index contributed by atoms with van der Waals surface area (Å²) in [5.41, 5.74) is 1.18. The molecule has 0 aromatic heterocycles. The number of ether oxygens (including phenoxy) is 2. The highest BCUT2D eigenvalue weighted by molar-refractivity contribution is 8.18. The highest BCUT2D eigenvalue weighted by atomic mass is 32.2. The third-order valence-electron chi connectivity index (χ3n) is 4.15.